The number of carbonyl (C=O) groups is 3. The minimum Gasteiger partial charge on any atom is -0.451 e. The molecule has 2 aromatic rings. The molecule has 0 aliphatic carbocycles. The summed E-state index contributed by atoms with van der Waals surface area (Å²) < 4.78 is 4.85. The molecule has 1 heterocycles. The molecule has 0 atom stereocenters. The van der Waals surface area contributed by atoms with Crippen LogP contribution in [0, 0.1) is 10.1 Å². The van der Waals surface area contributed by atoms with Crippen molar-refractivity contribution in [2.24, 2.45) is 0 Å². The van der Waals surface area contributed by atoms with Crippen molar-refractivity contribution in [2.45, 2.75) is 13.8 Å². The molecule has 1 aromatic carbocycles. The molecule has 2 amide bonds. The van der Waals surface area contributed by atoms with E-state index < -0.39 is 23.4 Å². The second-order valence-electron chi connectivity index (χ2n) is 5.57. The molecule has 0 aliphatic heterocycles. The maximum atomic E-state index is 12.2. The van der Waals surface area contributed by atoms with Crippen molar-refractivity contribution in [1.29, 1.82) is 0 Å². The fourth-order valence-electron chi connectivity index (χ4n) is 2.32. The van der Waals surface area contributed by atoms with Gasteiger partial charge in [-0.2, -0.15) is 0 Å². The van der Waals surface area contributed by atoms with E-state index in [4.69, 9.17) is 4.74 Å². The zero-order valence-corrected chi connectivity index (χ0v) is 16.2. The first-order valence-electron chi connectivity index (χ1n) is 8.46. The lowest BCUT2D eigenvalue weighted by molar-refractivity contribution is -0.380. The Morgan fingerprint density at radius 3 is 2.29 bits per heavy atom. The molecule has 0 saturated carbocycles. The summed E-state index contributed by atoms with van der Waals surface area (Å²) in [5.74, 6) is -1.47. The van der Waals surface area contributed by atoms with E-state index in [0.717, 1.165) is 0 Å². The smallest absolute Gasteiger partial charge is 0.349 e. The first-order valence-corrected chi connectivity index (χ1v) is 9.27. The van der Waals surface area contributed by atoms with E-state index in [1.165, 1.54) is 12.1 Å². The number of nitrogens with zero attached hydrogens (tertiary/aromatic N) is 2. The highest BCUT2D eigenvalue weighted by molar-refractivity contribution is 7.17. The van der Waals surface area contributed by atoms with E-state index in [2.05, 4.69) is 5.32 Å². The van der Waals surface area contributed by atoms with Gasteiger partial charge in [-0.1, -0.05) is 11.3 Å². The highest BCUT2D eigenvalue weighted by atomic mass is 32.1. The summed E-state index contributed by atoms with van der Waals surface area (Å²) in [5.41, 5.74) is 0.955. The quantitative estimate of drug-likeness (QED) is 0.410. The molecule has 10 heteroatoms. The minimum absolute atomic E-state index is 0.0405. The van der Waals surface area contributed by atoms with Crippen LogP contribution >= 0.6 is 11.3 Å². The molecule has 0 spiro atoms. The van der Waals surface area contributed by atoms with Gasteiger partial charge in [-0.05, 0) is 44.2 Å². The molecule has 0 radical (unpaired) electrons. The van der Waals surface area contributed by atoms with Crippen molar-refractivity contribution in [3.63, 3.8) is 0 Å². The lowest BCUT2D eigenvalue weighted by Crippen LogP contribution is -2.30. The zero-order chi connectivity index (χ0) is 20.7. The van der Waals surface area contributed by atoms with Gasteiger partial charge < -0.3 is 15.0 Å². The third kappa shape index (κ3) is 5.36. The van der Waals surface area contributed by atoms with E-state index in [1.54, 1.807) is 29.2 Å². The Morgan fingerprint density at radius 1 is 1.11 bits per heavy atom. The largest absolute Gasteiger partial charge is 0.451 e. The molecule has 0 unspecified atom stereocenters. The normalized spacial score (nSPS) is 10.2. The Hall–Kier alpha value is -3.27. The SMILES string of the molecule is CCN(CC)C(=O)c1ccc(NC(=O)COC(=O)c2ccc([N+](=O)[O-])s2)cc1. The highest BCUT2D eigenvalue weighted by Gasteiger charge is 2.17. The van der Waals surface area contributed by atoms with Crippen molar-refractivity contribution in [3.05, 3.63) is 57.0 Å². The Kier molecular flexibility index (Phi) is 7.21. The number of rotatable bonds is 8. The van der Waals surface area contributed by atoms with Gasteiger partial charge >= 0.3 is 11.0 Å². The zero-order valence-electron chi connectivity index (χ0n) is 15.3. The van der Waals surface area contributed by atoms with Gasteiger partial charge in [-0.3, -0.25) is 19.7 Å². The van der Waals surface area contributed by atoms with E-state index in [1.807, 2.05) is 13.8 Å². The number of esters is 1. The molecule has 28 heavy (non-hydrogen) atoms. The van der Waals surface area contributed by atoms with Crippen LogP contribution in [0.5, 0.6) is 0 Å². The number of anilines is 1. The lowest BCUT2D eigenvalue weighted by Gasteiger charge is -2.18. The average molecular weight is 405 g/mol. The van der Waals surface area contributed by atoms with Gasteiger partial charge in [0, 0.05) is 30.4 Å². The fourth-order valence-corrected chi connectivity index (χ4v) is 3.04. The summed E-state index contributed by atoms with van der Waals surface area (Å²) in [6, 6.07) is 8.84. The molecule has 1 N–H and O–H groups in total. The summed E-state index contributed by atoms with van der Waals surface area (Å²) in [7, 11) is 0. The topological polar surface area (TPSA) is 119 Å². The molecule has 9 nitrogen and oxygen atoms in total. The predicted molar refractivity (Wildman–Crippen MR) is 104 cm³/mol. The summed E-state index contributed by atoms with van der Waals surface area (Å²) in [4.78, 5) is 47.7. The van der Waals surface area contributed by atoms with Crippen molar-refractivity contribution in [3.8, 4) is 0 Å². The Labute approximate surface area is 165 Å². The van der Waals surface area contributed by atoms with Crippen LogP contribution in [0.2, 0.25) is 0 Å². The molecule has 2 rings (SSSR count). The molecular weight excluding hydrogens is 386 g/mol. The number of nitro groups is 1. The van der Waals surface area contributed by atoms with E-state index in [-0.39, 0.29) is 15.8 Å². The van der Waals surface area contributed by atoms with Crippen molar-refractivity contribution in [2.75, 3.05) is 25.0 Å². The molecule has 0 saturated heterocycles. The second-order valence-corrected chi connectivity index (χ2v) is 6.64. The van der Waals surface area contributed by atoms with E-state index in [0.29, 0.717) is 35.7 Å². The van der Waals surface area contributed by atoms with Crippen LogP contribution < -0.4 is 5.32 Å². The number of carbonyl (C=O) groups excluding carboxylic acids is 3. The Balaban J connectivity index is 1.88. The van der Waals surface area contributed by atoms with Crippen LogP contribution in [0.4, 0.5) is 10.7 Å². The predicted octanol–water partition coefficient (Wildman–Crippen LogP) is 2.93. The molecular formula is C18H19N3O6S. The number of thiophene rings is 1. The molecule has 148 valence electrons. The van der Waals surface area contributed by atoms with Crippen LogP contribution in [0.1, 0.15) is 33.9 Å². The van der Waals surface area contributed by atoms with Gasteiger partial charge in [0.2, 0.25) is 0 Å². The minimum atomic E-state index is -0.812. The van der Waals surface area contributed by atoms with Gasteiger partial charge in [0.1, 0.15) is 4.88 Å². The van der Waals surface area contributed by atoms with Crippen LogP contribution in [0.3, 0.4) is 0 Å². The van der Waals surface area contributed by atoms with Crippen molar-refractivity contribution < 1.29 is 24.0 Å². The number of ether oxygens (including phenoxy) is 1. The first-order chi connectivity index (χ1) is 13.3. The molecule has 0 fully saturated rings. The number of hydrogen-bond donors (Lipinski definition) is 1. The van der Waals surface area contributed by atoms with E-state index >= 15 is 0 Å². The first kappa shape index (κ1) is 21.0. The van der Waals surface area contributed by atoms with E-state index in [9.17, 15) is 24.5 Å². The highest BCUT2D eigenvalue weighted by Crippen LogP contribution is 2.24. The lowest BCUT2D eigenvalue weighted by atomic mass is 10.2. The van der Waals surface area contributed by atoms with Gasteiger partial charge in [0.25, 0.3) is 11.8 Å². The Bertz CT molecular complexity index is 874. The third-order valence-corrected chi connectivity index (χ3v) is 4.79. The number of hydrogen-bond acceptors (Lipinski definition) is 7. The van der Waals surface area contributed by atoms with Crippen molar-refractivity contribution >= 4 is 39.8 Å². The molecule has 0 bridgehead atoms. The van der Waals surface area contributed by atoms with Gasteiger partial charge in [-0.25, -0.2) is 4.79 Å². The maximum absolute atomic E-state index is 12.2. The number of benzene rings is 1. The van der Waals surface area contributed by atoms with Crippen molar-refractivity contribution in [1.82, 2.24) is 4.90 Å². The maximum Gasteiger partial charge on any atom is 0.349 e. The second kappa shape index (κ2) is 9.60. The summed E-state index contributed by atoms with van der Waals surface area (Å²) in [6.07, 6.45) is 0. The van der Waals surface area contributed by atoms with Gasteiger partial charge in [0.15, 0.2) is 6.61 Å². The summed E-state index contributed by atoms with van der Waals surface area (Å²) >= 11 is 0.674. The fraction of sp³-hybridized carbons (Fsp3) is 0.278. The summed E-state index contributed by atoms with van der Waals surface area (Å²) in [6.45, 7) is 4.46. The average Bonchev–Trinajstić information content (AvgIpc) is 3.18. The van der Waals surface area contributed by atoms with Gasteiger partial charge in [-0.15, -0.1) is 0 Å². The van der Waals surface area contributed by atoms with Crippen LogP contribution in [-0.4, -0.2) is 47.3 Å². The van der Waals surface area contributed by atoms with Gasteiger partial charge in [0.05, 0.1) is 4.92 Å². The number of nitrogens with one attached hydrogen (secondary N) is 1. The molecule has 0 aliphatic rings. The standard InChI is InChI=1S/C18H19N3O6S/c1-3-20(4-2)17(23)12-5-7-13(8-6-12)19-15(22)11-27-18(24)14-9-10-16(28-14)21(25)26/h5-10H,3-4,11H2,1-2H3,(H,19,22). The number of amides is 2. The summed E-state index contributed by atoms with van der Waals surface area (Å²) in [5, 5.41) is 13.0. The third-order valence-electron chi connectivity index (χ3n) is 3.77. The van der Waals surface area contributed by atoms with Crippen LogP contribution in [0.15, 0.2) is 36.4 Å². The van der Waals surface area contributed by atoms with Crippen LogP contribution in [-0.2, 0) is 9.53 Å². The Morgan fingerprint density at radius 2 is 1.75 bits per heavy atom. The van der Waals surface area contributed by atoms with Crippen LogP contribution in [0.25, 0.3) is 0 Å². The monoisotopic (exact) mass is 405 g/mol. The molecule has 1 aromatic heterocycles.